The Morgan fingerprint density at radius 3 is 2.42 bits per heavy atom. The number of hydrogen-bond acceptors (Lipinski definition) is 2. The van der Waals surface area contributed by atoms with Crippen LogP contribution in [0.2, 0.25) is 0 Å². The van der Waals surface area contributed by atoms with E-state index in [2.05, 4.69) is 15.9 Å². The minimum absolute atomic E-state index is 0.160. The van der Waals surface area contributed by atoms with Crippen LogP contribution in [0.3, 0.4) is 0 Å². The number of rotatable bonds is 2. The van der Waals surface area contributed by atoms with Crippen molar-refractivity contribution in [3.63, 3.8) is 0 Å². The minimum atomic E-state index is -0.160. The topological polar surface area (TPSA) is 0 Å². The second-order valence-corrected chi connectivity index (χ2v) is 4.55. The number of halogens is 2. The first kappa shape index (κ1) is 10.4. The summed E-state index contributed by atoms with van der Waals surface area (Å²) in [5, 5.41) is 0. The highest BCUT2D eigenvalue weighted by molar-refractivity contribution is 9.10. The first-order valence-corrected chi connectivity index (χ1v) is 6.51. The largest absolute Gasteiger partial charge is 0.206 e. The van der Waals surface area contributed by atoms with Crippen LogP contribution in [-0.4, -0.2) is 12.5 Å². The highest BCUT2D eigenvalue weighted by Crippen LogP contribution is 2.35. The molecule has 4 heteroatoms. The smallest absolute Gasteiger partial charge is 0.137 e. The van der Waals surface area contributed by atoms with Crippen molar-refractivity contribution in [2.45, 2.75) is 9.79 Å². The van der Waals surface area contributed by atoms with E-state index in [1.54, 1.807) is 17.8 Å². The monoisotopic (exact) mass is 266 g/mol. The maximum atomic E-state index is 13.1. The standard InChI is InChI=1S/C8H8BrFS2/c1-11-6-4-3-5(10)8(12-2)7(6)9/h3-4H,1-2H3. The molecule has 0 aromatic heterocycles. The van der Waals surface area contributed by atoms with Gasteiger partial charge in [-0.2, -0.15) is 0 Å². The van der Waals surface area contributed by atoms with Crippen molar-refractivity contribution in [3.05, 3.63) is 22.4 Å². The Kier molecular flexibility index (Phi) is 3.93. The van der Waals surface area contributed by atoms with Crippen molar-refractivity contribution in [3.8, 4) is 0 Å². The fraction of sp³-hybridized carbons (Fsp3) is 0.250. The average Bonchev–Trinajstić information content (AvgIpc) is 2.06. The fourth-order valence-electron chi connectivity index (χ4n) is 0.859. The molecule has 0 amide bonds. The van der Waals surface area contributed by atoms with E-state index in [1.165, 1.54) is 17.8 Å². The summed E-state index contributed by atoms with van der Waals surface area (Å²) in [6.07, 6.45) is 3.84. The Morgan fingerprint density at radius 1 is 1.25 bits per heavy atom. The predicted octanol–water partition coefficient (Wildman–Crippen LogP) is 4.03. The molecule has 0 N–H and O–H groups in total. The second kappa shape index (κ2) is 4.53. The SMILES string of the molecule is CSc1ccc(F)c(SC)c1Br. The Hall–Kier alpha value is 0.330. The molecule has 66 valence electrons. The third-order valence-electron chi connectivity index (χ3n) is 1.44. The van der Waals surface area contributed by atoms with Crippen molar-refractivity contribution in [2.75, 3.05) is 12.5 Å². The van der Waals surface area contributed by atoms with Gasteiger partial charge in [0.2, 0.25) is 0 Å². The quantitative estimate of drug-likeness (QED) is 0.742. The highest BCUT2D eigenvalue weighted by atomic mass is 79.9. The minimum Gasteiger partial charge on any atom is -0.206 e. The number of hydrogen-bond donors (Lipinski definition) is 0. The lowest BCUT2D eigenvalue weighted by Crippen LogP contribution is -1.84. The summed E-state index contributed by atoms with van der Waals surface area (Å²) in [6.45, 7) is 0. The molecule has 0 radical (unpaired) electrons. The van der Waals surface area contributed by atoms with Crippen molar-refractivity contribution in [1.29, 1.82) is 0 Å². The maximum Gasteiger partial charge on any atom is 0.137 e. The molecule has 0 fully saturated rings. The van der Waals surface area contributed by atoms with Gasteiger partial charge in [-0.1, -0.05) is 0 Å². The third kappa shape index (κ3) is 1.98. The normalized spacial score (nSPS) is 10.3. The summed E-state index contributed by atoms with van der Waals surface area (Å²) >= 11 is 6.39. The van der Waals surface area contributed by atoms with E-state index in [9.17, 15) is 4.39 Å². The number of thioether (sulfide) groups is 2. The Balaban J connectivity index is 3.24. The van der Waals surface area contributed by atoms with Crippen LogP contribution >= 0.6 is 39.5 Å². The molecule has 0 aliphatic carbocycles. The zero-order valence-electron chi connectivity index (χ0n) is 6.73. The Bertz CT molecular complexity index is 289. The average molecular weight is 267 g/mol. The van der Waals surface area contributed by atoms with Crippen molar-refractivity contribution in [1.82, 2.24) is 0 Å². The zero-order chi connectivity index (χ0) is 9.14. The van der Waals surface area contributed by atoms with E-state index in [0.29, 0.717) is 4.90 Å². The summed E-state index contributed by atoms with van der Waals surface area (Å²) in [4.78, 5) is 1.75. The van der Waals surface area contributed by atoms with Gasteiger partial charge < -0.3 is 0 Å². The zero-order valence-corrected chi connectivity index (χ0v) is 9.95. The van der Waals surface area contributed by atoms with Gasteiger partial charge in [-0.05, 0) is 40.6 Å². The second-order valence-electron chi connectivity index (χ2n) is 2.10. The molecule has 0 bridgehead atoms. The molecule has 0 unspecified atom stereocenters. The van der Waals surface area contributed by atoms with Crippen molar-refractivity contribution >= 4 is 39.5 Å². The molecule has 1 rings (SSSR count). The van der Waals surface area contributed by atoms with E-state index < -0.39 is 0 Å². The van der Waals surface area contributed by atoms with Gasteiger partial charge in [0.1, 0.15) is 5.82 Å². The molecule has 0 aliphatic heterocycles. The molecular formula is C8H8BrFS2. The van der Waals surface area contributed by atoms with Gasteiger partial charge in [0, 0.05) is 9.37 Å². The van der Waals surface area contributed by atoms with Crippen LogP contribution in [-0.2, 0) is 0 Å². The van der Waals surface area contributed by atoms with Gasteiger partial charge in [0.25, 0.3) is 0 Å². The Labute approximate surface area is 88.4 Å². The molecule has 0 heterocycles. The van der Waals surface area contributed by atoms with Gasteiger partial charge >= 0.3 is 0 Å². The Morgan fingerprint density at radius 2 is 1.92 bits per heavy atom. The maximum absolute atomic E-state index is 13.1. The van der Waals surface area contributed by atoms with E-state index in [0.717, 1.165) is 9.37 Å². The molecular weight excluding hydrogens is 259 g/mol. The summed E-state index contributed by atoms with van der Waals surface area (Å²) in [5.41, 5.74) is 0. The lowest BCUT2D eigenvalue weighted by Gasteiger charge is -2.06. The van der Waals surface area contributed by atoms with Gasteiger partial charge in [0.15, 0.2) is 0 Å². The number of benzene rings is 1. The van der Waals surface area contributed by atoms with E-state index in [4.69, 9.17) is 0 Å². The molecule has 0 saturated carbocycles. The summed E-state index contributed by atoms with van der Waals surface area (Å²) < 4.78 is 14.0. The van der Waals surface area contributed by atoms with Crippen LogP contribution in [0, 0.1) is 5.82 Å². The molecule has 1 aromatic carbocycles. The molecule has 0 spiro atoms. The molecule has 0 aliphatic rings. The van der Waals surface area contributed by atoms with E-state index in [-0.39, 0.29) is 5.82 Å². The summed E-state index contributed by atoms with van der Waals surface area (Å²) in [6, 6.07) is 3.28. The molecule has 1 aromatic rings. The van der Waals surface area contributed by atoms with Crippen LogP contribution in [0.25, 0.3) is 0 Å². The molecule has 0 nitrogen and oxygen atoms in total. The van der Waals surface area contributed by atoms with Gasteiger partial charge in [-0.3, -0.25) is 0 Å². The predicted molar refractivity (Wildman–Crippen MR) is 57.7 cm³/mol. The van der Waals surface area contributed by atoms with E-state index >= 15 is 0 Å². The summed E-state index contributed by atoms with van der Waals surface area (Å²) in [7, 11) is 0. The lowest BCUT2D eigenvalue weighted by atomic mass is 10.3. The third-order valence-corrected chi connectivity index (χ3v) is 4.37. The summed E-state index contributed by atoms with van der Waals surface area (Å²) in [5.74, 6) is -0.160. The van der Waals surface area contributed by atoms with Crippen molar-refractivity contribution < 1.29 is 4.39 Å². The van der Waals surface area contributed by atoms with Crippen LogP contribution < -0.4 is 0 Å². The first-order chi connectivity index (χ1) is 5.70. The van der Waals surface area contributed by atoms with Crippen LogP contribution in [0.1, 0.15) is 0 Å². The van der Waals surface area contributed by atoms with Crippen LogP contribution in [0.15, 0.2) is 26.4 Å². The van der Waals surface area contributed by atoms with Gasteiger partial charge in [0.05, 0.1) is 4.90 Å². The van der Waals surface area contributed by atoms with Gasteiger partial charge in [-0.25, -0.2) is 4.39 Å². The lowest BCUT2D eigenvalue weighted by molar-refractivity contribution is 0.598. The van der Waals surface area contributed by atoms with E-state index in [1.807, 2.05) is 12.5 Å². The van der Waals surface area contributed by atoms with Gasteiger partial charge in [-0.15, -0.1) is 23.5 Å². The fourth-order valence-corrected chi connectivity index (χ4v) is 3.25. The first-order valence-electron chi connectivity index (χ1n) is 3.26. The molecule has 12 heavy (non-hydrogen) atoms. The molecule has 0 atom stereocenters. The highest BCUT2D eigenvalue weighted by Gasteiger charge is 2.09. The van der Waals surface area contributed by atoms with Crippen LogP contribution in [0.5, 0.6) is 0 Å². The van der Waals surface area contributed by atoms with Crippen LogP contribution in [0.4, 0.5) is 4.39 Å². The van der Waals surface area contributed by atoms with Crippen molar-refractivity contribution in [2.24, 2.45) is 0 Å². The molecule has 0 saturated heterocycles.